The number of primary amides is 1. The van der Waals surface area contributed by atoms with Crippen molar-refractivity contribution in [3.63, 3.8) is 0 Å². The first kappa shape index (κ1) is 12.1. The van der Waals surface area contributed by atoms with Crippen LogP contribution in [0.3, 0.4) is 0 Å². The van der Waals surface area contributed by atoms with E-state index in [4.69, 9.17) is 14.9 Å². The second kappa shape index (κ2) is 4.26. The number of carbonyl (C=O) groups is 2. The van der Waals surface area contributed by atoms with Crippen LogP contribution in [0, 0.1) is 0 Å². The molecule has 0 radical (unpaired) electrons. The van der Waals surface area contributed by atoms with Crippen LogP contribution in [0.25, 0.3) is 0 Å². The quantitative estimate of drug-likeness (QED) is 0.802. The average molecular weight is 226 g/mol. The number of nitrogens with one attached hydrogen (secondary N) is 1. The third-order valence-corrected chi connectivity index (χ3v) is 1.49. The summed E-state index contributed by atoms with van der Waals surface area (Å²) in [6, 6.07) is 1.33. The Balaban J connectivity index is 2.60. The lowest BCUT2D eigenvalue weighted by atomic mass is 10.2. The molecule has 1 rings (SSSR count). The molecule has 88 valence electrons. The molecule has 0 aromatic carbocycles. The summed E-state index contributed by atoms with van der Waals surface area (Å²) >= 11 is 0. The fourth-order valence-corrected chi connectivity index (χ4v) is 0.952. The minimum Gasteiger partial charge on any atom is -0.457 e. The Kier molecular flexibility index (Phi) is 3.22. The van der Waals surface area contributed by atoms with Gasteiger partial charge in [-0.05, 0) is 20.8 Å². The van der Waals surface area contributed by atoms with E-state index in [0.717, 1.165) is 0 Å². The van der Waals surface area contributed by atoms with E-state index in [1.165, 1.54) is 12.3 Å². The van der Waals surface area contributed by atoms with E-state index in [9.17, 15) is 9.59 Å². The fourth-order valence-electron chi connectivity index (χ4n) is 0.952. The van der Waals surface area contributed by atoms with Crippen molar-refractivity contribution in [1.82, 2.24) is 0 Å². The number of ether oxygens (including phenoxy) is 1. The number of hydrogen-bond donors (Lipinski definition) is 2. The minimum absolute atomic E-state index is 0.0222. The van der Waals surface area contributed by atoms with E-state index in [0.29, 0.717) is 5.69 Å². The van der Waals surface area contributed by atoms with Crippen LogP contribution in [-0.4, -0.2) is 17.6 Å². The molecule has 1 heterocycles. The molecule has 0 saturated heterocycles. The van der Waals surface area contributed by atoms with Crippen molar-refractivity contribution in [2.75, 3.05) is 5.32 Å². The predicted molar refractivity (Wildman–Crippen MR) is 57.1 cm³/mol. The van der Waals surface area contributed by atoms with Crippen molar-refractivity contribution in [1.29, 1.82) is 0 Å². The fraction of sp³-hybridized carbons (Fsp3) is 0.400. The Morgan fingerprint density at radius 2 is 2.06 bits per heavy atom. The Morgan fingerprint density at radius 3 is 2.50 bits per heavy atom. The van der Waals surface area contributed by atoms with Crippen molar-refractivity contribution in [2.24, 2.45) is 5.73 Å². The molecule has 0 aliphatic heterocycles. The Morgan fingerprint density at radius 1 is 1.44 bits per heavy atom. The average Bonchev–Trinajstić information content (AvgIpc) is 2.48. The summed E-state index contributed by atoms with van der Waals surface area (Å²) in [6.07, 6.45) is 0.591. The van der Waals surface area contributed by atoms with Crippen LogP contribution in [-0.2, 0) is 4.74 Å². The summed E-state index contributed by atoms with van der Waals surface area (Å²) in [5.74, 6) is -0.719. The van der Waals surface area contributed by atoms with Crippen LogP contribution in [0.2, 0.25) is 0 Å². The van der Waals surface area contributed by atoms with Crippen molar-refractivity contribution >= 4 is 17.7 Å². The second-order valence-electron chi connectivity index (χ2n) is 4.19. The Hall–Kier alpha value is -1.98. The molecule has 1 aromatic rings. The molecule has 0 fully saturated rings. The predicted octanol–water partition coefficient (Wildman–Crippen LogP) is 1.73. The van der Waals surface area contributed by atoms with Crippen LogP contribution in [0.15, 0.2) is 16.7 Å². The smallest absolute Gasteiger partial charge is 0.412 e. The van der Waals surface area contributed by atoms with E-state index in [1.54, 1.807) is 20.8 Å². The molecule has 0 atom stereocenters. The van der Waals surface area contributed by atoms with E-state index in [1.807, 2.05) is 0 Å². The van der Waals surface area contributed by atoms with Gasteiger partial charge in [-0.25, -0.2) is 4.79 Å². The van der Waals surface area contributed by atoms with Crippen molar-refractivity contribution < 1.29 is 18.7 Å². The lowest BCUT2D eigenvalue weighted by molar-refractivity contribution is 0.0635. The molecular weight excluding hydrogens is 212 g/mol. The van der Waals surface area contributed by atoms with Gasteiger partial charge in [0.05, 0.1) is 5.69 Å². The molecule has 0 bridgehead atoms. The molecule has 2 amide bonds. The van der Waals surface area contributed by atoms with E-state index in [-0.39, 0.29) is 5.76 Å². The maximum absolute atomic E-state index is 11.3. The Bertz CT molecular complexity index is 403. The van der Waals surface area contributed by atoms with Crippen LogP contribution in [0.1, 0.15) is 31.3 Å². The zero-order valence-corrected chi connectivity index (χ0v) is 9.37. The van der Waals surface area contributed by atoms with Gasteiger partial charge < -0.3 is 14.9 Å². The molecule has 0 aliphatic carbocycles. The summed E-state index contributed by atoms with van der Waals surface area (Å²) in [7, 11) is 0. The number of rotatable bonds is 2. The lowest BCUT2D eigenvalue weighted by Gasteiger charge is -2.19. The first-order chi connectivity index (χ1) is 7.28. The highest BCUT2D eigenvalue weighted by Gasteiger charge is 2.17. The standard InChI is InChI=1S/C10H14N2O4/c1-10(2,3)16-9(14)12-6-4-7(8(11)13)15-5-6/h4-5H,1-3H3,(H2,11,13)(H,12,14). The number of anilines is 1. The Labute approximate surface area is 92.7 Å². The van der Waals surface area contributed by atoms with Gasteiger partial charge in [0.25, 0.3) is 5.91 Å². The maximum atomic E-state index is 11.3. The van der Waals surface area contributed by atoms with Crippen LogP contribution in [0.5, 0.6) is 0 Å². The summed E-state index contributed by atoms with van der Waals surface area (Å²) in [5.41, 5.74) is 4.72. The lowest BCUT2D eigenvalue weighted by Crippen LogP contribution is -2.27. The summed E-state index contributed by atoms with van der Waals surface area (Å²) < 4.78 is 9.82. The van der Waals surface area contributed by atoms with Crippen molar-refractivity contribution in [3.05, 3.63) is 18.1 Å². The normalized spacial score (nSPS) is 10.9. The van der Waals surface area contributed by atoms with Gasteiger partial charge in [0.1, 0.15) is 11.9 Å². The highest BCUT2D eigenvalue weighted by molar-refractivity contribution is 5.92. The van der Waals surface area contributed by atoms with E-state index < -0.39 is 17.6 Å². The van der Waals surface area contributed by atoms with Gasteiger partial charge in [0.15, 0.2) is 5.76 Å². The molecule has 16 heavy (non-hydrogen) atoms. The molecule has 0 spiro atoms. The summed E-state index contributed by atoms with van der Waals surface area (Å²) in [6.45, 7) is 5.24. The van der Waals surface area contributed by atoms with Gasteiger partial charge in [-0.2, -0.15) is 0 Å². The topological polar surface area (TPSA) is 94.6 Å². The van der Waals surface area contributed by atoms with Gasteiger partial charge >= 0.3 is 6.09 Å². The van der Waals surface area contributed by atoms with Gasteiger partial charge in [-0.1, -0.05) is 0 Å². The van der Waals surface area contributed by atoms with Gasteiger partial charge in [-0.15, -0.1) is 0 Å². The molecule has 0 aliphatic rings. The molecule has 1 aromatic heterocycles. The van der Waals surface area contributed by atoms with Crippen LogP contribution < -0.4 is 11.1 Å². The maximum Gasteiger partial charge on any atom is 0.412 e. The molecule has 6 heteroatoms. The van der Waals surface area contributed by atoms with Crippen LogP contribution in [0.4, 0.5) is 10.5 Å². The van der Waals surface area contributed by atoms with Crippen molar-refractivity contribution in [2.45, 2.75) is 26.4 Å². The zero-order chi connectivity index (χ0) is 12.3. The molecular formula is C10H14N2O4. The third kappa shape index (κ3) is 3.64. The zero-order valence-electron chi connectivity index (χ0n) is 9.37. The molecule has 0 unspecified atom stereocenters. The number of furan rings is 1. The van der Waals surface area contributed by atoms with E-state index in [2.05, 4.69) is 5.32 Å². The SMILES string of the molecule is CC(C)(C)OC(=O)Nc1coc(C(N)=O)c1. The number of nitrogens with two attached hydrogens (primary N) is 1. The first-order valence-corrected chi connectivity index (χ1v) is 4.66. The highest BCUT2D eigenvalue weighted by Crippen LogP contribution is 2.14. The molecule has 6 nitrogen and oxygen atoms in total. The molecule has 0 saturated carbocycles. The minimum atomic E-state index is -0.697. The highest BCUT2D eigenvalue weighted by atomic mass is 16.6. The monoisotopic (exact) mass is 226 g/mol. The van der Waals surface area contributed by atoms with Gasteiger partial charge in [-0.3, -0.25) is 10.1 Å². The van der Waals surface area contributed by atoms with Crippen LogP contribution >= 0.6 is 0 Å². The van der Waals surface area contributed by atoms with Gasteiger partial charge in [0, 0.05) is 6.07 Å². The first-order valence-electron chi connectivity index (χ1n) is 4.66. The second-order valence-corrected chi connectivity index (χ2v) is 4.19. The van der Waals surface area contributed by atoms with Gasteiger partial charge in [0.2, 0.25) is 0 Å². The number of amides is 2. The largest absolute Gasteiger partial charge is 0.457 e. The number of hydrogen-bond acceptors (Lipinski definition) is 4. The summed E-state index contributed by atoms with van der Waals surface area (Å²) in [5, 5.41) is 2.41. The molecule has 3 N–H and O–H groups in total. The van der Waals surface area contributed by atoms with Crippen molar-refractivity contribution in [3.8, 4) is 0 Å². The third-order valence-electron chi connectivity index (χ3n) is 1.49. The van der Waals surface area contributed by atoms with E-state index >= 15 is 0 Å². The summed E-state index contributed by atoms with van der Waals surface area (Å²) in [4.78, 5) is 22.0. The number of carbonyl (C=O) groups excluding carboxylic acids is 2.